The van der Waals surface area contributed by atoms with Gasteiger partial charge < -0.3 is 25.2 Å². The van der Waals surface area contributed by atoms with E-state index in [0.29, 0.717) is 32.1 Å². The number of carbonyl (C=O) groups is 1. The van der Waals surface area contributed by atoms with Gasteiger partial charge in [0.25, 0.3) is 0 Å². The molecular weight excluding hydrogens is 252 g/mol. The molecule has 8 nitrogen and oxygen atoms in total. The van der Waals surface area contributed by atoms with Crippen LogP contribution in [0.25, 0.3) is 0 Å². The Morgan fingerprint density at radius 2 is 2.21 bits per heavy atom. The van der Waals surface area contributed by atoms with Crippen molar-refractivity contribution in [1.82, 2.24) is 9.78 Å². The van der Waals surface area contributed by atoms with E-state index in [4.69, 9.17) is 20.3 Å². The van der Waals surface area contributed by atoms with Crippen molar-refractivity contribution < 1.29 is 19.4 Å². The smallest absolute Gasteiger partial charge is 0.345 e. The number of esters is 1. The maximum atomic E-state index is 11.8. The molecule has 0 bridgehead atoms. The van der Waals surface area contributed by atoms with Crippen molar-refractivity contribution in [1.29, 1.82) is 0 Å². The number of aromatic nitrogens is 2. The molecule has 2 rings (SSSR count). The van der Waals surface area contributed by atoms with Crippen LogP contribution in [0, 0.1) is 0 Å². The van der Waals surface area contributed by atoms with Crippen LogP contribution in [0.3, 0.4) is 0 Å². The van der Waals surface area contributed by atoms with Crippen LogP contribution >= 0.6 is 0 Å². The number of hydrogen-bond acceptors (Lipinski definition) is 7. The topological polar surface area (TPSA) is 103 Å². The monoisotopic (exact) mass is 270 g/mol. The number of hydrogen-bond donors (Lipinski definition) is 2. The lowest BCUT2D eigenvalue weighted by Crippen LogP contribution is -2.37. The lowest BCUT2D eigenvalue weighted by molar-refractivity contribution is 0.0601. The molecule has 0 radical (unpaired) electrons. The van der Waals surface area contributed by atoms with Gasteiger partial charge >= 0.3 is 5.97 Å². The summed E-state index contributed by atoms with van der Waals surface area (Å²) in [4.78, 5) is 13.8. The van der Waals surface area contributed by atoms with Crippen molar-refractivity contribution >= 4 is 17.6 Å². The standard InChI is InChI=1S/C11H18N4O4/c1-18-11(17)8-9(12)15(2-5-16)13-10(8)14-3-6-19-7-4-14/h16H,2-7,12H2,1H3. The average Bonchev–Trinajstić information content (AvgIpc) is 2.77. The number of methoxy groups -OCH3 is 1. The Bertz CT molecular complexity index is 454. The highest BCUT2D eigenvalue weighted by atomic mass is 16.5. The number of nitrogen functional groups attached to an aromatic ring is 1. The van der Waals surface area contributed by atoms with E-state index < -0.39 is 5.97 Å². The van der Waals surface area contributed by atoms with Crippen molar-refractivity contribution in [2.24, 2.45) is 0 Å². The minimum atomic E-state index is -0.525. The molecule has 1 saturated heterocycles. The van der Waals surface area contributed by atoms with Crippen LogP contribution in [0.15, 0.2) is 0 Å². The van der Waals surface area contributed by atoms with E-state index in [-0.39, 0.29) is 24.5 Å². The largest absolute Gasteiger partial charge is 0.465 e. The summed E-state index contributed by atoms with van der Waals surface area (Å²) in [7, 11) is 1.30. The molecule has 0 unspecified atom stereocenters. The summed E-state index contributed by atoms with van der Waals surface area (Å²) in [5.41, 5.74) is 6.15. The van der Waals surface area contributed by atoms with Gasteiger partial charge in [0, 0.05) is 13.1 Å². The summed E-state index contributed by atoms with van der Waals surface area (Å²) in [5.74, 6) is 0.173. The molecule has 0 atom stereocenters. The van der Waals surface area contributed by atoms with Gasteiger partial charge in [0.2, 0.25) is 0 Å². The first kappa shape index (κ1) is 13.6. The Morgan fingerprint density at radius 1 is 1.53 bits per heavy atom. The van der Waals surface area contributed by atoms with E-state index in [9.17, 15) is 4.79 Å². The number of aliphatic hydroxyl groups is 1. The molecule has 106 valence electrons. The van der Waals surface area contributed by atoms with Crippen LogP contribution in [-0.4, -0.2) is 60.9 Å². The van der Waals surface area contributed by atoms with E-state index in [0.717, 1.165) is 0 Å². The Balaban J connectivity index is 2.38. The normalized spacial score (nSPS) is 15.6. The second-order valence-electron chi connectivity index (χ2n) is 4.12. The third kappa shape index (κ3) is 2.64. The van der Waals surface area contributed by atoms with Gasteiger partial charge in [-0.05, 0) is 0 Å². The zero-order valence-electron chi connectivity index (χ0n) is 10.8. The van der Waals surface area contributed by atoms with E-state index >= 15 is 0 Å². The van der Waals surface area contributed by atoms with Crippen molar-refractivity contribution in [2.75, 3.05) is 50.7 Å². The van der Waals surface area contributed by atoms with E-state index in [1.165, 1.54) is 11.8 Å². The first-order chi connectivity index (χ1) is 9.19. The average molecular weight is 270 g/mol. The quantitative estimate of drug-likeness (QED) is 0.682. The number of ether oxygens (including phenoxy) is 2. The fourth-order valence-electron chi connectivity index (χ4n) is 2.02. The number of morpholine rings is 1. The molecule has 0 amide bonds. The predicted molar refractivity (Wildman–Crippen MR) is 68.1 cm³/mol. The molecule has 1 aromatic heterocycles. The molecular formula is C11H18N4O4. The number of anilines is 2. The molecule has 19 heavy (non-hydrogen) atoms. The molecule has 1 aromatic rings. The molecule has 0 saturated carbocycles. The fourth-order valence-corrected chi connectivity index (χ4v) is 2.02. The predicted octanol–water partition coefficient (Wildman–Crippen LogP) is -0.919. The van der Waals surface area contributed by atoms with E-state index in [1.54, 1.807) is 0 Å². The van der Waals surface area contributed by atoms with Gasteiger partial charge in [0.15, 0.2) is 5.82 Å². The first-order valence-corrected chi connectivity index (χ1v) is 6.07. The number of carbonyl (C=O) groups excluding carboxylic acids is 1. The van der Waals surface area contributed by atoms with Crippen molar-refractivity contribution in [3.8, 4) is 0 Å². The van der Waals surface area contributed by atoms with Crippen LogP contribution in [-0.2, 0) is 16.0 Å². The minimum absolute atomic E-state index is 0.102. The van der Waals surface area contributed by atoms with E-state index in [2.05, 4.69) is 5.10 Å². The van der Waals surface area contributed by atoms with Crippen molar-refractivity contribution in [3.05, 3.63) is 5.56 Å². The zero-order valence-corrected chi connectivity index (χ0v) is 10.8. The maximum Gasteiger partial charge on any atom is 0.345 e. The summed E-state index contributed by atoms with van der Waals surface area (Å²) in [5, 5.41) is 13.3. The summed E-state index contributed by atoms with van der Waals surface area (Å²) in [6, 6.07) is 0. The van der Waals surface area contributed by atoms with Crippen LogP contribution in [0.5, 0.6) is 0 Å². The number of aliphatic hydroxyl groups excluding tert-OH is 1. The lowest BCUT2D eigenvalue weighted by atomic mass is 10.2. The lowest BCUT2D eigenvalue weighted by Gasteiger charge is -2.27. The molecule has 0 spiro atoms. The molecule has 3 N–H and O–H groups in total. The Hall–Kier alpha value is -1.80. The van der Waals surface area contributed by atoms with E-state index in [1.807, 2.05) is 4.90 Å². The highest BCUT2D eigenvalue weighted by Gasteiger charge is 2.27. The summed E-state index contributed by atoms with van der Waals surface area (Å²) in [6.45, 7) is 2.56. The van der Waals surface area contributed by atoms with Gasteiger partial charge in [0.1, 0.15) is 11.4 Å². The summed E-state index contributed by atoms with van der Waals surface area (Å²) >= 11 is 0. The van der Waals surface area contributed by atoms with Crippen molar-refractivity contribution in [2.45, 2.75) is 6.54 Å². The molecule has 0 aliphatic carbocycles. The number of nitrogens with zero attached hydrogens (tertiary/aromatic N) is 3. The molecule has 0 aromatic carbocycles. The molecule has 8 heteroatoms. The number of nitrogens with two attached hydrogens (primary N) is 1. The third-order valence-corrected chi connectivity index (χ3v) is 2.99. The molecule has 1 aliphatic rings. The maximum absolute atomic E-state index is 11.8. The first-order valence-electron chi connectivity index (χ1n) is 6.07. The minimum Gasteiger partial charge on any atom is -0.465 e. The van der Waals surface area contributed by atoms with Crippen LogP contribution < -0.4 is 10.6 Å². The Labute approximate surface area is 110 Å². The Kier molecular flexibility index (Phi) is 4.23. The second kappa shape index (κ2) is 5.89. The van der Waals surface area contributed by atoms with Gasteiger partial charge in [0.05, 0.1) is 33.5 Å². The van der Waals surface area contributed by atoms with Gasteiger partial charge in [-0.15, -0.1) is 0 Å². The summed E-state index contributed by atoms with van der Waals surface area (Å²) < 4.78 is 11.4. The van der Waals surface area contributed by atoms with Gasteiger partial charge in [-0.1, -0.05) is 0 Å². The van der Waals surface area contributed by atoms with Crippen LogP contribution in [0.2, 0.25) is 0 Å². The SMILES string of the molecule is COC(=O)c1c(N2CCOCC2)nn(CCO)c1N. The van der Waals surface area contributed by atoms with Gasteiger partial charge in [-0.3, -0.25) is 0 Å². The van der Waals surface area contributed by atoms with Crippen LogP contribution in [0.1, 0.15) is 10.4 Å². The number of rotatable bonds is 4. The highest BCUT2D eigenvalue weighted by molar-refractivity contribution is 5.99. The molecule has 1 fully saturated rings. The van der Waals surface area contributed by atoms with Crippen LogP contribution in [0.4, 0.5) is 11.6 Å². The fraction of sp³-hybridized carbons (Fsp3) is 0.636. The Morgan fingerprint density at radius 3 is 2.79 bits per heavy atom. The second-order valence-corrected chi connectivity index (χ2v) is 4.12. The molecule has 1 aliphatic heterocycles. The van der Waals surface area contributed by atoms with Gasteiger partial charge in [-0.25, -0.2) is 9.48 Å². The van der Waals surface area contributed by atoms with Gasteiger partial charge in [-0.2, -0.15) is 5.10 Å². The summed E-state index contributed by atoms with van der Waals surface area (Å²) in [6.07, 6.45) is 0. The highest BCUT2D eigenvalue weighted by Crippen LogP contribution is 2.26. The van der Waals surface area contributed by atoms with Crippen molar-refractivity contribution in [3.63, 3.8) is 0 Å². The molecule has 2 heterocycles. The zero-order chi connectivity index (χ0) is 13.8. The third-order valence-electron chi connectivity index (χ3n) is 2.99.